The van der Waals surface area contributed by atoms with Crippen LogP contribution in [0.2, 0.25) is 0 Å². The molecule has 0 spiro atoms. The Kier molecular flexibility index (Phi) is 4.53. The Morgan fingerprint density at radius 2 is 1.39 bits per heavy atom. The van der Waals surface area contributed by atoms with Crippen molar-refractivity contribution in [1.29, 1.82) is 0 Å². The lowest BCUT2D eigenvalue weighted by Gasteiger charge is -2.18. The highest BCUT2D eigenvalue weighted by molar-refractivity contribution is 6.33. The van der Waals surface area contributed by atoms with Gasteiger partial charge in [0, 0.05) is 0 Å². The molecule has 6 heteroatoms. The number of amidine groups is 1. The third-order valence-electron chi connectivity index (χ3n) is 4.23. The van der Waals surface area contributed by atoms with E-state index in [1.807, 2.05) is 0 Å². The summed E-state index contributed by atoms with van der Waals surface area (Å²) in [6.45, 7) is 0. The number of halogens is 3. The molecule has 0 bridgehead atoms. The van der Waals surface area contributed by atoms with E-state index in [1.54, 1.807) is 6.07 Å². The van der Waals surface area contributed by atoms with Gasteiger partial charge in [-0.25, -0.2) is 18.2 Å². The highest BCUT2D eigenvalue weighted by atomic mass is 19.1. The lowest BCUT2D eigenvalue weighted by atomic mass is 10.1. The van der Waals surface area contributed by atoms with Crippen LogP contribution in [0.1, 0.15) is 11.1 Å². The van der Waals surface area contributed by atoms with Gasteiger partial charge in [-0.15, -0.1) is 0 Å². The van der Waals surface area contributed by atoms with E-state index in [2.05, 4.69) is 4.99 Å². The number of amides is 1. The molecule has 0 atom stereocenters. The van der Waals surface area contributed by atoms with Gasteiger partial charge in [0.15, 0.2) is 5.84 Å². The zero-order valence-corrected chi connectivity index (χ0v) is 14.4. The number of rotatable bonds is 3. The molecule has 3 nitrogen and oxygen atoms in total. The Labute approximate surface area is 159 Å². The lowest BCUT2D eigenvalue weighted by Crippen LogP contribution is -2.33. The summed E-state index contributed by atoms with van der Waals surface area (Å²) < 4.78 is 40.8. The molecule has 0 saturated carbocycles. The summed E-state index contributed by atoms with van der Waals surface area (Å²) in [5.74, 6) is -1.79. The van der Waals surface area contributed by atoms with Crippen LogP contribution in [0.4, 0.5) is 18.9 Å². The van der Waals surface area contributed by atoms with Crippen LogP contribution < -0.4 is 4.90 Å². The van der Waals surface area contributed by atoms with E-state index in [-0.39, 0.29) is 17.1 Å². The van der Waals surface area contributed by atoms with Gasteiger partial charge in [0.2, 0.25) is 0 Å². The molecule has 0 aliphatic carbocycles. The highest BCUT2D eigenvalue weighted by Crippen LogP contribution is 2.29. The fourth-order valence-corrected chi connectivity index (χ4v) is 2.89. The van der Waals surface area contributed by atoms with E-state index >= 15 is 0 Å². The molecule has 0 aromatic heterocycles. The van der Waals surface area contributed by atoms with E-state index in [9.17, 15) is 18.0 Å². The van der Waals surface area contributed by atoms with Crippen LogP contribution in [0.3, 0.4) is 0 Å². The normalized spacial score (nSPS) is 15.2. The van der Waals surface area contributed by atoms with Crippen molar-refractivity contribution < 1.29 is 18.0 Å². The number of nitrogens with zero attached hydrogens (tertiary/aromatic N) is 2. The molecule has 0 N–H and O–H groups in total. The molecule has 0 radical (unpaired) electrons. The summed E-state index contributed by atoms with van der Waals surface area (Å²) in [6.07, 6.45) is 1.49. The summed E-state index contributed by atoms with van der Waals surface area (Å²) in [5.41, 5.74) is 1.13. The van der Waals surface area contributed by atoms with Crippen LogP contribution in [0.5, 0.6) is 0 Å². The van der Waals surface area contributed by atoms with Crippen LogP contribution in [-0.2, 0) is 4.79 Å². The van der Waals surface area contributed by atoms with E-state index in [0.717, 1.165) is 0 Å². The molecule has 1 heterocycles. The quantitative estimate of drug-likeness (QED) is 0.595. The predicted molar refractivity (Wildman–Crippen MR) is 101 cm³/mol. The third kappa shape index (κ3) is 3.32. The van der Waals surface area contributed by atoms with Crippen LogP contribution in [0.25, 0.3) is 6.08 Å². The zero-order chi connectivity index (χ0) is 19.7. The highest BCUT2D eigenvalue weighted by Gasteiger charge is 2.33. The molecule has 0 fully saturated rings. The Morgan fingerprint density at radius 1 is 0.786 bits per heavy atom. The molecule has 1 amide bonds. The van der Waals surface area contributed by atoms with E-state index in [0.29, 0.717) is 11.3 Å². The topological polar surface area (TPSA) is 32.7 Å². The van der Waals surface area contributed by atoms with E-state index < -0.39 is 23.4 Å². The number of anilines is 1. The fourth-order valence-electron chi connectivity index (χ4n) is 2.89. The Hall–Kier alpha value is -3.67. The van der Waals surface area contributed by atoms with Crippen LogP contribution in [0, 0.1) is 17.5 Å². The first-order chi connectivity index (χ1) is 13.5. The lowest BCUT2D eigenvalue weighted by molar-refractivity contribution is -0.113. The molecule has 0 saturated heterocycles. The van der Waals surface area contributed by atoms with Crippen LogP contribution in [-0.4, -0.2) is 11.7 Å². The summed E-state index contributed by atoms with van der Waals surface area (Å²) in [6, 6.07) is 16.8. The van der Waals surface area contributed by atoms with Gasteiger partial charge in [0.25, 0.3) is 5.91 Å². The summed E-state index contributed by atoms with van der Waals surface area (Å²) >= 11 is 0. The van der Waals surface area contributed by atoms with Crippen LogP contribution in [0.15, 0.2) is 83.5 Å². The third-order valence-corrected chi connectivity index (χ3v) is 4.23. The van der Waals surface area contributed by atoms with Gasteiger partial charge in [0.1, 0.15) is 23.1 Å². The van der Waals surface area contributed by atoms with E-state index in [4.69, 9.17) is 0 Å². The average Bonchev–Trinajstić information content (AvgIpc) is 3.01. The maximum Gasteiger partial charge on any atom is 0.282 e. The van der Waals surface area contributed by atoms with Crippen molar-refractivity contribution in [3.63, 3.8) is 0 Å². The van der Waals surface area contributed by atoms with Crippen molar-refractivity contribution in [2.45, 2.75) is 0 Å². The molecule has 3 aromatic rings. The Morgan fingerprint density at radius 3 is 2.04 bits per heavy atom. The van der Waals surface area contributed by atoms with Gasteiger partial charge in [-0.1, -0.05) is 24.3 Å². The summed E-state index contributed by atoms with van der Waals surface area (Å²) in [4.78, 5) is 18.6. The van der Waals surface area contributed by atoms with Gasteiger partial charge in [-0.2, -0.15) is 0 Å². The average molecular weight is 378 g/mol. The van der Waals surface area contributed by atoms with Crippen molar-refractivity contribution in [1.82, 2.24) is 0 Å². The zero-order valence-electron chi connectivity index (χ0n) is 14.4. The minimum Gasteiger partial charge on any atom is -0.266 e. The SMILES string of the molecule is O=C1/C(=C\c2ccc(F)cc2)N=C(c2ccccc2F)N1c1ccc(F)cc1. The second kappa shape index (κ2) is 7.15. The minimum absolute atomic E-state index is 0.0641. The fraction of sp³-hybridized carbons (Fsp3) is 0. The first kappa shape index (κ1) is 17.7. The van der Waals surface area contributed by atoms with Gasteiger partial charge < -0.3 is 0 Å². The molecule has 1 aliphatic heterocycles. The molecule has 1 aliphatic rings. The van der Waals surface area contributed by atoms with Gasteiger partial charge in [-0.05, 0) is 60.2 Å². The minimum atomic E-state index is -0.538. The summed E-state index contributed by atoms with van der Waals surface area (Å²) in [5, 5.41) is 0. The molecule has 28 heavy (non-hydrogen) atoms. The Bertz CT molecular complexity index is 1100. The number of hydrogen-bond donors (Lipinski definition) is 0. The van der Waals surface area contributed by atoms with Crippen LogP contribution >= 0.6 is 0 Å². The number of carbonyl (C=O) groups excluding carboxylic acids is 1. The van der Waals surface area contributed by atoms with Gasteiger partial charge >= 0.3 is 0 Å². The number of carbonyl (C=O) groups is 1. The van der Waals surface area contributed by atoms with Crippen molar-refractivity contribution >= 4 is 23.5 Å². The monoisotopic (exact) mass is 378 g/mol. The number of hydrogen-bond acceptors (Lipinski definition) is 2. The predicted octanol–water partition coefficient (Wildman–Crippen LogP) is 4.94. The molecule has 3 aromatic carbocycles. The first-order valence-electron chi connectivity index (χ1n) is 8.44. The smallest absolute Gasteiger partial charge is 0.266 e. The van der Waals surface area contributed by atoms with Crippen molar-refractivity contribution in [2.75, 3.05) is 4.90 Å². The first-order valence-corrected chi connectivity index (χ1v) is 8.44. The second-order valence-electron chi connectivity index (χ2n) is 6.11. The van der Waals surface area contributed by atoms with Crippen molar-refractivity contribution in [2.24, 2.45) is 4.99 Å². The molecule has 0 unspecified atom stereocenters. The Balaban J connectivity index is 1.84. The number of aliphatic imine (C=N–C) groups is 1. The molecular formula is C22H13F3N2O. The second-order valence-corrected chi connectivity index (χ2v) is 6.11. The maximum atomic E-state index is 14.4. The largest absolute Gasteiger partial charge is 0.282 e. The van der Waals surface area contributed by atoms with Crippen molar-refractivity contribution in [3.8, 4) is 0 Å². The summed E-state index contributed by atoms with van der Waals surface area (Å²) in [7, 11) is 0. The standard InChI is InChI=1S/C22H13F3N2O/c23-15-7-5-14(6-8-15)13-20-22(28)27(17-11-9-16(24)10-12-17)21(26-20)18-3-1-2-4-19(18)25/h1-13H/b20-13+. The molecule has 138 valence electrons. The number of benzene rings is 3. The molecule has 4 rings (SSSR count). The van der Waals surface area contributed by atoms with Gasteiger partial charge in [0.05, 0.1) is 11.3 Å². The van der Waals surface area contributed by atoms with Crippen molar-refractivity contribution in [3.05, 3.63) is 107 Å². The van der Waals surface area contributed by atoms with Gasteiger partial charge in [-0.3, -0.25) is 9.69 Å². The van der Waals surface area contributed by atoms with E-state index in [1.165, 1.54) is 77.7 Å². The maximum absolute atomic E-state index is 14.4. The molecular weight excluding hydrogens is 365 g/mol.